The standard InChI is InChI=1S/C9H15N/c1-10(2)9-6-7-3-4-8(9)5-7/h3-4,7-9H,5-6H2,1-2H3. The minimum absolute atomic E-state index is 0.843. The smallest absolute Gasteiger partial charge is 0.0158 e. The Labute approximate surface area is 62.7 Å². The summed E-state index contributed by atoms with van der Waals surface area (Å²) in [6, 6.07) is 0.843. The van der Waals surface area contributed by atoms with E-state index < -0.39 is 0 Å². The highest BCUT2D eigenvalue weighted by Gasteiger charge is 2.36. The van der Waals surface area contributed by atoms with E-state index in [2.05, 4.69) is 31.1 Å². The number of rotatable bonds is 1. The average molecular weight is 137 g/mol. The van der Waals surface area contributed by atoms with E-state index in [1.165, 1.54) is 12.8 Å². The van der Waals surface area contributed by atoms with E-state index in [-0.39, 0.29) is 0 Å². The Bertz CT molecular complexity index is 160. The van der Waals surface area contributed by atoms with Gasteiger partial charge in [0, 0.05) is 6.04 Å². The highest BCUT2D eigenvalue weighted by molar-refractivity contribution is 5.12. The van der Waals surface area contributed by atoms with Crippen molar-refractivity contribution in [2.75, 3.05) is 14.1 Å². The maximum Gasteiger partial charge on any atom is 0.0158 e. The van der Waals surface area contributed by atoms with Crippen molar-refractivity contribution in [1.29, 1.82) is 0 Å². The molecular weight excluding hydrogens is 122 g/mol. The van der Waals surface area contributed by atoms with Crippen LogP contribution in [0.15, 0.2) is 12.2 Å². The molecular formula is C9H15N. The van der Waals surface area contributed by atoms with Gasteiger partial charge in [0.25, 0.3) is 0 Å². The van der Waals surface area contributed by atoms with Crippen molar-refractivity contribution >= 4 is 0 Å². The number of allylic oxidation sites excluding steroid dienone is 1. The first-order valence-corrected chi connectivity index (χ1v) is 4.12. The molecule has 2 rings (SSSR count). The molecule has 56 valence electrons. The topological polar surface area (TPSA) is 3.24 Å². The number of hydrogen-bond acceptors (Lipinski definition) is 1. The van der Waals surface area contributed by atoms with Crippen molar-refractivity contribution in [3.05, 3.63) is 12.2 Å². The van der Waals surface area contributed by atoms with Crippen LogP contribution in [0.4, 0.5) is 0 Å². The van der Waals surface area contributed by atoms with Crippen molar-refractivity contribution in [2.24, 2.45) is 11.8 Å². The molecule has 1 saturated carbocycles. The molecule has 0 heterocycles. The maximum atomic E-state index is 2.40. The second kappa shape index (κ2) is 2.09. The Morgan fingerprint density at radius 3 is 2.30 bits per heavy atom. The molecule has 0 aromatic rings. The first-order chi connectivity index (χ1) is 4.77. The maximum absolute atomic E-state index is 2.40. The lowest BCUT2D eigenvalue weighted by Gasteiger charge is -2.25. The van der Waals surface area contributed by atoms with Gasteiger partial charge in [-0.15, -0.1) is 0 Å². The van der Waals surface area contributed by atoms with Crippen molar-refractivity contribution in [2.45, 2.75) is 18.9 Å². The van der Waals surface area contributed by atoms with Gasteiger partial charge in [-0.2, -0.15) is 0 Å². The molecule has 2 aliphatic carbocycles. The van der Waals surface area contributed by atoms with Crippen molar-refractivity contribution in [1.82, 2.24) is 4.90 Å². The van der Waals surface area contributed by atoms with Crippen LogP contribution >= 0.6 is 0 Å². The Morgan fingerprint density at radius 1 is 1.20 bits per heavy atom. The third kappa shape index (κ3) is 0.807. The van der Waals surface area contributed by atoms with E-state index in [9.17, 15) is 0 Å². The number of hydrogen-bond donors (Lipinski definition) is 0. The molecule has 1 nitrogen and oxygen atoms in total. The first-order valence-electron chi connectivity index (χ1n) is 4.12. The zero-order chi connectivity index (χ0) is 7.14. The summed E-state index contributed by atoms with van der Waals surface area (Å²) in [6.07, 6.45) is 7.61. The predicted molar refractivity (Wildman–Crippen MR) is 42.8 cm³/mol. The number of nitrogens with zero attached hydrogens (tertiary/aromatic N) is 1. The summed E-state index contributed by atoms with van der Waals surface area (Å²) < 4.78 is 0. The molecule has 1 fully saturated rings. The Morgan fingerprint density at radius 2 is 2.00 bits per heavy atom. The van der Waals surface area contributed by atoms with Crippen LogP contribution in [0.3, 0.4) is 0 Å². The fourth-order valence-corrected chi connectivity index (χ4v) is 2.35. The van der Waals surface area contributed by atoms with Crippen LogP contribution in [0.5, 0.6) is 0 Å². The molecule has 3 unspecified atom stereocenters. The van der Waals surface area contributed by atoms with Crippen molar-refractivity contribution in [3.8, 4) is 0 Å². The van der Waals surface area contributed by atoms with Gasteiger partial charge >= 0.3 is 0 Å². The lowest BCUT2D eigenvalue weighted by Crippen LogP contribution is -2.31. The van der Waals surface area contributed by atoms with Crippen LogP contribution in [0.25, 0.3) is 0 Å². The Kier molecular flexibility index (Phi) is 1.34. The third-order valence-electron chi connectivity index (χ3n) is 2.91. The Hall–Kier alpha value is -0.300. The summed E-state index contributed by atoms with van der Waals surface area (Å²) in [7, 11) is 4.39. The molecule has 0 saturated heterocycles. The van der Waals surface area contributed by atoms with E-state index in [0.29, 0.717) is 0 Å². The van der Waals surface area contributed by atoms with Gasteiger partial charge in [0.1, 0.15) is 0 Å². The van der Waals surface area contributed by atoms with Crippen LogP contribution in [0.2, 0.25) is 0 Å². The second-order valence-electron chi connectivity index (χ2n) is 3.81. The average Bonchev–Trinajstić information content (AvgIpc) is 2.44. The largest absolute Gasteiger partial charge is 0.306 e. The fraction of sp³-hybridized carbons (Fsp3) is 0.778. The molecule has 1 heteroatoms. The van der Waals surface area contributed by atoms with E-state index in [1.807, 2.05) is 0 Å². The molecule has 0 amide bonds. The van der Waals surface area contributed by atoms with Crippen LogP contribution in [-0.2, 0) is 0 Å². The van der Waals surface area contributed by atoms with Gasteiger partial charge in [-0.1, -0.05) is 12.2 Å². The summed E-state index contributed by atoms with van der Waals surface area (Å²) >= 11 is 0. The van der Waals surface area contributed by atoms with Gasteiger partial charge in [-0.3, -0.25) is 0 Å². The molecule has 10 heavy (non-hydrogen) atoms. The molecule has 0 aromatic carbocycles. The summed E-state index contributed by atoms with van der Waals surface area (Å²) in [5.74, 6) is 1.79. The van der Waals surface area contributed by atoms with Gasteiger partial charge < -0.3 is 4.90 Å². The molecule has 0 spiro atoms. The monoisotopic (exact) mass is 137 g/mol. The van der Waals surface area contributed by atoms with E-state index >= 15 is 0 Å². The molecule has 0 N–H and O–H groups in total. The minimum atomic E-state index is 0.843. The van der Waals surface area contributed by atoms with Crippen molar-refractivity contribution in [3.63, 3.8) is 0 Å². The zero-order valence-electron chi connectivity index (χ0n) is 6.75. The summed E-state index contributed by atoms with van der Waals surface area (Å²) in [6.45, 7) is 0. The highest BCUT2D eigenvalue weighted by Crippen LogP contribution is 2.40. The predicted octanol–water partition coefficient (Wildman–Crippen LogP) is 1.51. The lowest BCUT2D eigenvalue weighted by atomic mass is 10.0. The van der Waals surface area contributed by atoms with E-state index in [0.717, 1.165) is 17.9 Å². The molecule has 2 bridgehead atoms. The van der Waals surface area contributed by atoms with Crippen molar-refractivity contribution < 1.29 is 0 Å². The second-order valence-corrected chi connectivity index (χ2v) is 3.81. The normalized spacial score (nSPS) is 43.7. The number of fused-ring (bicyclic) bond motifs is 2. The highest BCUT2D eigenvalue weighted by atomic mass is 15.1. The van der Waals surface area contributed by atoms with Crippen LogP contribution in [0.1, 0.15) is 12.8 Å². The van der Waals surface area contributed by atoms with Gasteiger partial charge in [0.05, 0.1) is 0 Å². The third-order valence-corrected chi connectivity index (χ3v) is 2.91. The fourth-order valence-electron chi connectivity index (χ4n) is 2.35. The summed E-state index contributed by atoms with van der Waals surface area (Å²) in [5.41, 5.74) is 0. The molecule has 0 aromatic heterocycles. The first kappa shape index (κ1) is 6.41. The van der Waals surface area contributed by atoms with Crippen LogP contribution in [-0.4, -0.2) is 25.0 Å². The lowest BCUT2D eigenvalue weighted by molar-refractivity contribution is 0.258. The Balaban J connectivity index is 2.09. The molecule has 0 radical (unpaired) electrons. The minimum Gasteiger partial charge on any atom is -0.306 e. The van der Waals surface area contributed by atoms with Gasteiger partial charge in [0.2, 0.25) is 0 Å². The van der Waals surface area contributed by atoms with E-state index in [1.54, 1.807) is 0 Å². The van der Waals surface area contributed by atoms with Crippen LogP contribution in [0, 0.1) is 11.8 Å². The molecule has 2 aliphatic rings. The van der Waals surface area contributed by atoms with E-state index in [4.69, 9.17) is 0 Å². The van der Waals surface area contributed by atoms with Gasteiger partial charge in [-0.05, 0) is 38.8 Å². The molecule has 0 aliphatic heterocycles. The quantitative estimate of drug-likeness (QED) is 0.495. The zero-order valence-corrected chi connectivity index (χ0v) is 6.75. The molecule has 3 atom stereocenters. The summed E-state index contributed by atoms with van der Waals surface area (Å²) in [4.78, 5) is 2.37. The summed E-state index contributed by atoms with van der Waals surface area (Å²) in [5, 5.41) is 0. The van der Waals surface area contributed by atoms with Gasteiger partial charge in [0.15, 0.2) is 0 Å². The van der Waals surface area contributed by atoms with Gasteiger partial charge in [-0.25, -0.2) is 0 Å². The van der Waals surface area contributed by atoms with Crippen LogP contribution < -0.4 is 0 Å². The SMILES string of the molecule is CN(C)C1CC2C=CC1C2.